The number of nitrogens with zero attached hydrogens (tertiary/aromatic N) is 1. The van der Waals surface area contributed by atoms with Gasteiger partial charge >= 0.3 is 0 Å². The fourth-order valence-electron chi connectivity index (χ4n) is 3.43. The standard InChI is InChI=1S/C20H22N2O6S/c1-28-18-12-9-15(20(23)14-7-10-17(11-8-14)22(24)25)13-19(18)29(26,27)21-16-5-3-2-4-6-16/h7-13,16,21H,2-6H2,1H3. The third-order valence-electron chi connectivity index (χ3n) is 4.98. The molecule has 0 radical (unpaired) electrons. The maximum absolute atomic E-state index is 12.9. The molecule has 0 unspecified atom stereocenters. The number of hydrogen-bond acceptors (Lipinski definition) is 6. The second-order valence-corrected chi connectivity index (χ2v) is 8.64. The number of hydrogen-bond donors (Lipinski definition) is 1. The Morgan fingerprint density at radius 3 is 2.28 bits per heavy atom. The summed E-state index contributed by atoms with van der Waals surface area (Å²) in [5, 5.41) is 10.8. The van der Waals surface area contributed by atoms with Gasteiger partial charge in [0, 0.05) is 29.3 Å². The van der Waals surface area contributed by atoms with Gasteiger partial charge < -0.3 is 4.74 Å². The molecular formula is C20H22N2O6S. The number of carbonyl (C=O) groups is 1. The van der Waals surface area contributed by atoms with Crippen molar-refractivity contribution < 1.29 is 22.9 Å². The summed E-state index contributed by atoms with van der Waals surface area (Å²) in [7, 11) is -2.51. The number of ether oxygens (including phenoxy) is 1. The van der Waals surface area contributed by atoms with Gasteiger partial charge in [0.15, 0.2) is 5.78 Å². The van der Waals surface area contributed by atoms with Gasteiger partial charge in [0.2, 0.25) is 10.0 Å². The minimum Gasteiger partial charge on any atom is -0.495 e. The first-order valence-electron chi connectivity index (χ1n) is 9.31. The molecule has 1 fully saturated rings. The predicted molar refractivity (Wildman–Crippen MR) is 107 cm³/mol. The summed E-state index contributed by atoms with van der Waals surface area (Å²) in [6.07, 6.45) is 4.61. The zero-order chi connectivity index (χ0) is 21.0. The molecular weight excluding hydrogens is 396 g/mol. The number of sulfonamides is 1. The number of rotatable bonds is 7. The van der Waals surface area contributed by atoms with Crippen LogP contribution >= 0.6 is 0 Å². The van der Waals surface area contributed by atoms with E-state index in [1.807, 2.05) is 0 Å². The number of nitrogens with one attached hydrogen (secondary N) is 1. The van der Waals surface area contributed by atoms with Crippen LogP contribution in [0.2, 0.25) is 0 Å². The Morgan fingerprint density at radius 2 is 1.69 bits per heavy atom. The summed E-state index contributed by atoms with van der Waals surface area (Å²) >= 11 is 0. The van der Waals surface area contributed by atoms with Gasteiger partial charge in [-0.1, -0.05) is 19.3 Å². The van der Waals surface area contributed by atoms with Crippen molar-refractivity contribution in [3.05, 3.63) is 63.7 Å². The Balaban J connectivity index is 1.91. The number of carbonyl (C=O) groups excluding carboxylic acids is 1. The third kappa shape index (κ3) is 4.80. The highest BCUT2D eigenvalue weighted by molar-refractivity contribution is 7.89. The van der Waals surface area contributed by atoms with Gasteiger partial charge in [-0.3, -0.25) is 14.9 Å². The fraction of sp³-hybridized carbons (Fsp3) is 0.350. The summed E-state index contributed by atoms with van der Waals surface area (Å²) in [4.78, 5) is 22.9. The lowest BCUT2D eigenvalue weighted by Crippen LogP contribution is -2.36. The zero-order valence-electron chi connectivity index (χ0n) is 16.0. The smallest absolute Gasteiger partial charge is 0.269 e. The number of non-ortho nitro benzene ring substituents is 1. The van der Waals surface area contributed by atoms with E-state index in [1.165, 1.54) is 49.6 Å². The summed E-state index contributed by atoms with van der Waals surface area (Å²) in [6.45, 7) is 0. The minimum atomic E-state index is -3.88. The molecule has 8 nitrogen and oxygen atoms in total. The van der Waals surface area contributed by atoms with E-state index >= 15 is 0 Å². The number of nitro groups is 1. The Bertz CT molecular complexity index is 1010. The van der Waals surface area contributed by atoms with Crippen LogP contribution in [0.1, 0.15) is 48.0 Å². The normalized spacial score (nSPS) is 15.1. The van der Waals surface area contributed by atoms with Crippen LogP contribution in [0.4, 0.5) is 5.69 Å². The van der Waals surface area contributed by atoms with Crippen molar-refractivity contribution in [3.8, 4) is 5.75 Å². The zero-order valence-corrected chi connectivity index (χ0v) is 16.8. The second kappa shape index (κ2) is 8.71. The monoisotopic (exact) mass is 418 g/mol. The van der Waals surface area contributed by atoms with Gasteiger partial charge in [-0.25, -0.2) is 13.1 Å². The second-order valence-electron chi connectivity index (χ2n) is 6.95. The van der Waals surface area contributed by atoms with Crippen molar-refractivity contribution in [1.82, 2.24) is 4.72 Å². The SMILES string of the molecule is COc1ccc(C(=O)c2ccc([N+](=O)[O-])cc2)cc1S(=O)(=O)NC1CCCCC1. The summed E-state index contributed by atoms with van der Waals surface area (Å²) in [6, 6.07) is 9.23. The van der Waals surface area contributed by atoms with Crippen LogP contribution in [0.5, 0.6) is 5.75 Å². The molecule has 2 aromatic carbocycles. The van der Waals surface area contributed by atoms with Crippen molar-refractivity contribution >= 4 is 21.5 Å². The van der Waals surface area contributed by atoms with Gasteiger partial charge in [0.1, 0.15) is 10.6 Å². The molecule has 0 atom stereocenters. The van der Waals surface area contributed by atoms with E-state index in [4.69, 9.17) is 4.74 Å². The van der Waals surface area contributed by atoms with E-state index in [2.05, 4.69) is 4.72 Å². The van der Waals surface area contributed by atoms with E-state index in [-0.39, 0.29) is 33.5 Å². The topological polar surface area (TPSA) is 116 Å². The number of methoxy groups -OCH3 is 1. The van der Waals surface area contributed by atoms with Crippen molar-refractivity contribution in [2.45, 2.75) is 43.0 Å². The predicted octanol–water partition coefficient (Wildman–Crippen LogP) is 3.45. The van der Waals surface area contributed by atoms with E-state index in [9.17, 15) is 23.3 Å². The van der Waals surface area contributed by atoms with Gasteiger partial charge in [0.05, 0.1) is 12.0 Å². The number of benzene rings is 2. The lowest BCUT2D eigenvalue weighted by atomic mass is 9.96. The molecule has 1 aliphatic carbocycles. The maximum atomic E-state index is 12.9. The average molecular weight is 418 g/mol. The molecule has 1 saturated carbocycles. The molecule has 9 heteroatoms. The van der Waals surface area contributed by atoms with Gasteiger partial charge in [-0.15, -0.1) is 0 Å². The quantitative estimate of drug-likeness (QED) is 0.418. The maximum Gasteiger partial charge on any atom is 0.269 e. The number of ketones is 1. The summed E-state index contributed by atoms with van der Waals surface area (Å²) in [5.74, 6) is -0.287. The van der Waals surface area contributed by atoms with E-state index < -0.39 is 20.7 Å². The van der Waals surface area contributed by atoms with Crippen LogP contribution in [-0.2, 0) is 10.0 Å². The van der Waals surface area contributed by atoms with Crippen LogP contribution in [-0.4, -0.2) is 32.3 Å². The Morgan fingerprint density at radius 1 is 1.07 bits per heavy atom. The Hall–Kier alpha value is -2.78. The summed E-state index contributed by atoms with van der Waals surface area (Å²) < 4.78 is 33.8. The number of nitro benzene ring substituents is 1. The van der Waals surface area contributed by atoms with E-state index in [0.29, 0.717) is 0 Å². The summed E-state index contributed by atoms with van der Waals surface area (Å²) in [5.41, 5.74) is 0.254. The molecule has 154 valence electrons. The molecule has 2 aromatic rings. The molecule has 0 saturated heterocycles. The van der Waals surface area contributed by atoms with Crippen LogP contribution < -0.4 is 9.46 Å². The first kappa shape index (κ1) is 20.9. The highest BCUT2D eigenvalue weighted by Gasteiger charge is 2.26. The molecule has 0 bridgehead atoms. The third-order valence-corrected chi connectivity index (χ3v) is 6.52. The van der Waals surface area contributed by atoms with Crippen LogP contribution in [0.3, 0.4) is 0 Å². The highest BCUT2D eigenvalue weighted by atomic mass is 32.2. The molecule has 0 amide bonds. The molecule has 0 aliphatic heterocycles. The molecule has 29 heavy (non-hydrogen) atoms. The van der Waals surface area contributed by atoms with Gasteiger partial charge in [-0.05, 0) is 43.2 Å². The molecule has 0 aromatic heterocycles. The van der Waals surface area contributed by atoms with Gasteiger partial charge in [0.25, 0.3) is 5.69 Å². The van der Waals surface area contributed by atoms with Crippen molar-refractivity contribution in [1.29, 1.82) is 0 Å². The van der Waals surface area contributed by atoms with Crippen LogP contribution in [0, 0.1) is 10.1 Å². The largest absolute Gasteiger partial charge is 0.495 e. The fourth-order valence-corrected chi connectivity index (χ4v) is 4.93. The van der Waals surface area contributed by atoms with E-state index in [1.54, 1.807) is 0 Å². The molecule has 0 spiro atoms. The van der Waals surface area contributed by atoms with Gasteiger partial charge in [-0.2, -0.15) is 0 Å². The van der Waals surface area contributed by atoms with Crippen molar-refractivity contribution in [2.75, 3.05) is 7.11 Å². The highest BCUT2D eigenvalue weighted by Crippen LogP contribution is 2.28. The van der Waals surface area contributed by atoms with E-state index in [0.717, 1.165) is 32.1 Å². The lowest BCUT2D eigenvalue weighted by molar-refractivity contribution is -0.384. The Labute approximate surface area is 169 Å². The first-order chi connectivity index (χ1) is 13.8. The lowest BCUT2D eigenvalue weighted by Gasteiger charge is -2.23. The Kier molecular flexibility index (Phi) is 6.29. The van der Waals surface area contributed by atoms with Crippen LogP contribution in [0.25, 0.3) is 0 Å². The minimum absolute atomic E-state index is 0.0988. The molecule has 1 N–H and O–H groups in total. The molecule has 3 rings (SSSR count). The first-order valence-corrected chi connectivity index (χ1v) is 10.8. The molecule has 0 heterocycles. The van der Waals surface area contributed by atoms with Crippen LogP contribution in [0.15, 0.2) is 47.4 Å². The van der Waals surface area contributed by atoms with Crippen molar-refractivity contribution in [3.63, 3.8) is 0 Å². The molecule has 1 aliphatic rings. The average Bonchev–Trinajstić information content (AvgIpc) is 2.73. The van der Waals surface area contributed by atoms with Crippen molar-refractivity contribution in [2.24, 2.45) is 0 Å².